The van der Waals surface area contributed by atoms with E-state index in [1.807, 2.05) is 18.7 Å². The Bertz CT molecular complexity index is 203. The topological polar surface area (TPSA) is 29.5 Å². The van der Waals surface area contributed by atoms with Crippen molar-refractivity contribution in [2.75, 3.05) is 26.7 Å². The first kappa shape index (κ1) is 12.0. The first-order valence-corrected chi connectivity index (χ1v) is 4.43. The molecule has 0 saturated carbocycles. The van der Waals surface area contributed by atoms with Gasteiger partial charge in [-0.05, 0) is 13.5 Å². The molecule has 0 fully saturated rings. The van der Waals surface area contributed by atoms with E-state index in [4.69, 9.17) is 0 Å². The Kier molecular flexibility index (Phi) is 7.04. The molecule has 0 heterocycles. The summed E-state index contributed by atoms with van der Waals surface area (Å²) in [5, 5.41) is 0. The third kappa shape index (κ3) is 6.18. The average Bonchev–Trinajstić information content (AvgIpc) is 2.16. The minimum atomic E-state index is -0.189. The number of nitrogens with zero attached hydrogens (tertiary/aromatic N) is 1. The van der Waals surface area contributed by atoms with Crippen LogP contribution < -0.4 is 0 Å². The van der Waals surface area contributed by atoms with Gasteiger partial charge in [0.2, 0.25) is 0 Å². The molecule has 0 amide bonds. The van der Waals surface area contributed by atoms with Gasteiger partial charge in [0.15, 0.2) is 0 Å². The molecule has 13 heavy (non-hydrogen) atoms. The molecule has 0 aromatic heterocycles. The van der Waals surface area contributed by atoms with Gasteiger partial charge in [-0.1, -0.05) is 6.92 Å². The Labute approximate surface area is 80.1 Å². The van der Waals surface area contributed by atoms with Gasteiger partial charge >= 0.3 is 5.97 Å². The summed E-state index contributed by atoms with van der Waals surface area (Å²) in [4.78, 5) is 12.9. The van der Waals surface area contributed by atoms with Crippen LogP contribution in [0.2, 0.25) is 0 Å². The van der Waals surface area contributed by atoms with E-state index in [1.54, 1.807) is 0 Å². The lowest BCUT2D eigenvalue weighted by Crippen LogP contribution is -2.31. The monoisotopic (exact) mass is 183 g/mol. The van der Waals surface area contributed by atoms with Crippen molar-refractivity contribution < 1.29 is 9.53 Å². The SMILES string of the molecule is CC#CCCN(CC)CC(=O)OC. The number of carbonyl (C=O) groups is 1. The molecule has 0 aliphatic rings. The highest BCUT2D eigenvalue weighted by Gasteiger charge is 2.07. The molecule has 0 aromatic rings. The number of ether oxygens (including phenoxy) is 1. The summed E-state index contributed by atoms with van der Waals surface area (Å²) in [6.45, 7) is 5.87. The molecule has 0 aromatic carbocycles. The third-order valence-electron chi connectivity index (χ3n) is 1.76. The van der Waals surface area contributed by atoms with E-state index in [0.717, 1.165) is 19.5 Å². The van der Waals surface area contributed by atoms with E-state index in [-0.39, 0.29) is 5.97 Å². The molecule has 3 heteroatoms. The van der Waals surface area contributed by atoms with Crippen LogP contribution in [0.5, 0.6) is 0 Å². The van der Waals surface area contributed by atoms with E-state index < -0.39 is 0 Å². The first-order valence-electron chi connectivity index (χ1n) is 4.43. The molecule has 0 radical (unpaired) electrons. The number of hydrogen-bond acceptors (Lipinski definition) is 3. The second kappa shape index (κ2) is 7.63. The zero-order chi connectivity index (χ0) is 10.1. The van der Waals surface area contributed by atoms with Crippen molar-refractivity contribution in [2.45, 2.75) is 20.3 Å². The molecule has 3 nitrogen and oxygen atoms in total. The highest BCUT2D eigenvalue weighted by molar-refractivity contribution is 5.71. The maximum atomic E-state index is 10.9. The normalized spacial score (nSPS) is 9.23. The summed E-state index contributed by atoms with van der Waals surface area (Å²) in [6, 6.07) is 0. The van der Waals surface area contributed by atoms with Gasteiger partial charge in [-0.25, -0.2) is 0 Å². The maximum Gasteiger partial charge on any atom is 0.319 e. The predicted molar refractivity (Wildman–Crippen MR) is 52.2 cm³/mol. The molecule has 0 aliphatic heterocycles. The fourth-order valence-electron chi connectivity index (χ4n) is 0.935. The number of methoxy groups -OCH3 is 1. The fraction of sp³-hybridized carbons (Fsp3) is 0.700. The van der Waals surface area contributed by atoms with E-state index in [0.29, 0.717) is 6.54 Å². The molecule has 0 atom stereocenters. The standard InChI is InChI=1S/C10H17NO2/c1-4-6-7-8-11(5-2)9-10(12)13-3/h5,7-9H2,1-3H3. The van der Waals surface area contributed by atoms with Crippen molar-refractivity contribution in [3.63, 3.8) is 0 Å². The van der Waals surface area contributed by atoms with Crippen molar-refractivity contribution in [1.82, 2.24) is 4.90 Å². The van der Waals surface area contributed by atoms with Crippen LogP contribution in [0.4, 0.5) is 0 Å². The fourth-order valence-corrected chi connectivity index (χ4v) is 0.935. The molecule has 0 rings (SSSR count). The van der Waals surface area contributed by atoms with Crippen molar-refractivity contribution in [3.8, 4) is 11.8 Å². The van der Waals surface area contributed by atoms with Gasteiger partial charge < -0.3 is 4.74 Å². The van der Waals surface area contributed by atoms with Crippen molar-refractivity contribution in [3.05, 3.63) is 0 Å². The van der Waals surface area contributed by atoms with E-state index in [2.05, 4.69) is 16.6 Å². The maximum absolute atomic E-state index is 10.9. The lowest BCUT2D eigenvalue weighted by molar-refractivity contribution is -0.141. The van der Waals surface area contributed by atoms with Crippen LogP contribution in [0.25, 0.3) is 0 Å². The van der Waals surface area contributed by atoms with E-state index >= 15 is 0 Å². The van der Waals surface area contributed by atoms with Gasteiger partial charge in [0.25, 0.3) is 0 Å². The Balaban J connectivity index is 3.73. The molecule has 0 spiro atoms. The van der Waals surface area contributed by atoms with Crippen LogP contribution >= 0.6 is 0 Å². The molecule has 0 aliphatic carbocycles. The minimum absolute atomic E-state index is 0.189. The molecular formula is C10H17NO2. The predicted octanol–water partition coefficient (Wildman–Crippen LogP) is 0.895. The lowest BCUT2D eigenvalue weighted by atomic mass is 10.3. The summed E-state index contributed by atoms with van der Waals surface area (Å²) in [5.74, 6) is 5.59. The molecule has 0 bridgehead atoms. The van der Waals surface area contributed by atoms with Crippen molar-refractivity contribution in [2.24, 2.45) is 0 Å². The van der Waals surface area contributed by atoms with Crippen LogP contribution in [-0.4, -0.2) is 37.6 Å². The lowest BCUT2D eigenvalue weighted by Gasteiger charge is -2.16. The first-order chi connectivity index (χ1) is 6.24. The quantitative estimate of drug-likeness (QED) is 0.468. The number of carbonyl (C=O) groups excluding carboxylic acids is 1. The highest BCUT2D eigenvalue weighted by atomic mass is 16.5. The summed E-state index contributed by atoms with van der Waals surface area (Å²) < 4.78 is 4.57. The minimum Gasteiger partial charge on any atom is -0.468 e. The number of esters is 1. The van der Waals surface area contributed by atoms with Crippen LogP contribution in [-0.2, 0) is 9.53 Å². The number of rotatable bonds is 5. The van der Waals surface area contributed by atoms with Gasteiger partial charge in [-0.3, -0.25) is 9.69 Å². The summed E-state index contributed by atoms with van der Waals surface area (Å²) in [6.07, 6.45) is 0.807. The molecular weight excluding hydrogens is 166 g/mol. The second-order valence-electron chi connectivity index (χ2n) is 2.62. The van der Waals surface area contributed by atoms with E-state index in [1.165, 1.54) is 7.11 Å². The van der Waals surface area contributed by atoms with Crippen molar-refractivity contribution >= 4 is 5.97 Å². The number of likely N-dealkylation sites (N-methyl/N-ethyl adjacent to an activating group) is 1. The molecule has 0 saturated heterocycles. The van der Waals surface area contributed by atoms with Gasteiger partial charge in [0, 0.05) is 13.0 Å². The van der Waals surface area contributed by atoms with Gasteiger partial charge in [-0.15, -0.1) is 11.8 Å². The van der Waals surface area contributed by atoms with Gasteiger partial charge in [0.1, 0.15) is 0 Å². The summed E-state index contributed by atoms with van der Waals surface area (Å²) in [5.41, 5.74) is 0. The zero-order valence-electron chi connectivity index (χ0n) is 8.59. The Morgan fingerprint density at radius 3 is 2.69 bits per heavy atom. The van der Waals surface area contributed by atoms with Gasteiger partial charge in [-0.2, -0.15) is 0 Å². The second-order valence-corrected chi connectivity index (χ2v) is 2.62. The van der Waals surface area contributed by atoms with Crippen LogP contribution in [0.15, 0.2) is 0 Å². The van der Waals surface area contributed by atoms with Crippen LogP contribution in [0.3, 0.4) is 0 Å². The van der Waals surface area contributed by atoms with Crippen molar-refractivity contribution in [1.29, 1.82) is 0 Å². The zero-order valence-corrected chi connectivity index (χ0v) is 8.59. The highest BCUT2D eigenvalue weighted by Crippen LogP contribution is 1.91. The molecule has 74 valence electrons. The largest absolute Gasteiger partial charge is 0.468 e. The third-order valence-corrected chi connectivity index (χ3v) is 1.76. The molecule has 0 N–H and O–H groups in total. The van der Waals surface area contributed by atoms with Gasteiger partial charge in [0.05, 0.1) is 13.7 Å². The Morgan fingerprint density at radius 2 is 2.23 bits per heavy atom. The Hall–Kier alpha value is -1.01. The van der Waals surface area contributed by atoms with Crippen LogP contribution in [0.1, 0.15) is 20.3 Å². The molecule has 0 unspecified atom stereocenters. The smallest absolute Gasteiger partial charge is 0.319 e. The van der Waals surface area contributed by atoms with E-state index in [9.17, 15) is 4.79 Å². The summed E-state index contributed by atoms with van der Waals surface area (Å²) >= 11 is 0. The van der Waals surface area contributed by atoms with Crippen LogP contribution in [0, 0.1) is 11.8 Å². The Morgan fingerprint density at radius 1 is 1.54 bits per heavy atom. The summed E-state index contributed by atoms with van der Waals surface area (Å²) in [7, 11) is 1.40. The number of hydrogen-bond donors (Lipinski definition) is 0. The average molecular weight is 183 g/mol.